The normalized spacial score (nSPS) is 11.6. The second-order valence-electron chi connectivity index (χ2n) is 4.41. The standard InChI is InChI=1S/C15H21NO5/c1-4-14(17)16-11(9-15(18)19)10-6-7-12(21-5-2)13(8-10)20-3/h6-8,11H,4-5,9H2,1-3H3,(H,16,17)(H,18,19). The van der Waals surface area contributed by atoms with Crippen molar-refractivity contribution in [1.29, 1.82) is 0 Å². The van der Waals surface area contributed by atoms with Gasteiger partial charge in [-0.25, -0.2) is 0 Å². The highest BCUT2D eigenvalue weighted by atomic mass is 16.5. The zero-order valence-corrected chi connectivity index (χ0v) is 12.5. The number of aliphatic carboxylic acids is 1. The minimum absolute atomic E-state index is 0.192. The van der Waals surface area contributed by atoms with E-state index >= 15 is 0 Å². The molecule has 1 aromatic rings. The van der Waals surface area contributed by atoms with Gasteiger partial charge in [-0.2, -0.15) is 0 Å². The van der Waals surface area contributed by atoms with Crippen LogP contribution in [0.4, 0.5) is 0 Å². The average molecular weight is 295 g/mol. The lowest BCUT2D eigenvalue weighted by Crippen LogP contribution is -2.29. The summed E-state index contributed by atoms with van der Waals surface area (Å²) in [5.74, 6) is -0.0894. The van der Waals surface area contributed by atoms with Crippen molar-refractivity contribution in [2.45, 2.75) is 32.7 Å². The maximum Gasteiger partial charge on any atom is 0.305 e. The molecule has 6 nitrogen and oxygen atoms in total. The van der Waals surface area contributed by atoms with Crippen molar-refractivity contribution in [3.8, 4) is 11.5 Å². The lowest BCUT2D eigenvalue weighted by atomic mass is 10.0. The number of amides is 1. The molecule has 0 aliphatic rings. The minimum atomic E-state index is -0.982. The number of methoxy groups -OCH3 is 1. The van der Waals surface area contributed by atoms with E-state index in [1.807, 2.05) is 6.92 Å². The van der Waals surface area contributed by atoms with Crippen molar-refractivity contribution in [2.24, 2.45) is 0 Å². The number of rotatable bonds is 8. The van der Waals surface area contributed by atoms with Crippen LogP contribution in [-0.4, -0.2) is 30.7 Å². The summed E-state index contributed by atoms with van der Waals surface area (Å²) in [4.78, 5) is 22.5. The van der Waals surface area contributed by atoms with Crippen LogP contribution < -0.4 is 14.8 Å². The molecule has 0 saturated heterocycles. The van der Waals surface area contributed by atoms with E-state index in [0.717, 1.165) is 0 Å². The molecule has 0 aliphatic carbocycles. The van der Waals surface area contributed by atoms with Crippen LogP contribution in [0.3, 0.4) is 0 Å². The predicted octanol–water partition coefficient (Wildman–Crippen LogP) is 2.14. The fraction of sp³-hybridized carbons (Fsp3) is 0.467. The molecule has 2 N–H and O–H groups in total. The molecular weight excluding hydrogens is 274 g/mol. The topological polar surface area (TPSA) is 84.9 Å². The molecule has 0 spiro atoms. The average Bonchev–Trinajstić information content (AvgIpc) is 2.46. The van der Waals surface area contributed by atoms with Gasteiger partial charge in [0.1, 0.15) is 0 Å². The van der Waals surface area contributed by atoms with Crippen LogP contribution in [0.5, 0.6) is 11.5 Å². The first-order valence-corrected chi connectivity index (χ1v) is 6.83. The second-order valence-corrected chi connectivity index (χ2v) is 4.41. The third-order valence-corrected chi connectivity index (χ3v) is 2.92. The van der Waals surface area contributed by atoms with Gasteiger partial charge in [0.05, 0.1) is 26.2 Å². The molecule has 0 saturated carbocycles. The van der Waals surface area contributed by atoms with E-state index in [4.69, 9.17) is 14.6 Å². The van der Waals surface area contributed by atoms with Crippen LogP contribution in [0, 0.1) is 0 Å². The molecule has 0 bridgehead atoms. The van der Waals surface area contributed by atoms with E-state index in [2.05, 4.69) is 5.32 Å². The Morgan fingerprint density at radius 1 is 1.29 bits per heavy atom. The number of carboxylic acids is 1. The van der Waals surface area contributed by atoms with Gasteiger partial charge >= 0.3 is 5.97 Å². The third-order valence-electron chi connectivity index (χ3n) is 2.92. The van der Waals surface area contributed by atoms with E-state index in [-0.39, 0.29) is 12.3 Å². The number of benzene rings is 1. The van der Waals surface area contributed by atoms with Crippen LogP contribution >= 0.6 is 0 Å². The summed E-state index contributed by atoms with van der Waals surface area (Å²) in [6, 6.07) is 4.54. The molecule has 6 heteroatoms. The molecule has 21 heavy (non-hydrogen) atoms. The smallest absolute Gasteiger partial charge is 0.305 e. The molecule has 0 fully saturated rings. The van der Waals surface area contributed by atoms with Crippen LogP contribution in [-0.2, 0) is 9.59 Å². The number of carboxylic acid groups (broad SMARTS) is 1. The number of nitrogens with one attached hydrogen (secondary N) is 1. The van der Waals surface area contributed by atoms with Gasteiger partial charge in [0.25, 0.3) is 0 Å². The van der Waals surface area contributed by atoms with Gasteiger partial charge in [-0.3, -0.25) is 9.59 Å². The maximum absolute atomic E-state index is 11.5. The van der Waals surface area contributed by atoms with E-state index in [9.17, 15) is 9.59 Å². The largest absolute Gasteiger partial charge is 0.493 e. The van der Waals surface area contributed by atoms with E-state index in [1.54, 1.807) is 25.1 Å². The zero-order chi connectivity index (χ0) is 15.8. The quantitative estimate of drug-likeness (QED) is 0.767. The molecule has 0 aromatic heterocycles. The van der Waals surface area contributed by atoms with Crippen LogP contribution in [0.15, 0.2) is 18.2 Å². The number of hydrogen-bond donors (Lipinski definition) is 2. The van der Waals surface area contributed by atoms with Crippen molar-refractivity contribution in [3.63, 3.8) is 0 Å². The summed E-state index contributed by atoms with van der Waals surface area (Å²) >= 11 is 0. The van der Waals surface area contributed by atoms with Crippen LogP contribution in [0.1, 0.15) is 38.3 Å². The first kappa shape index (κ1) is 16.8. The molecule has 1 unspecified atom stereocenters. The summed E-state index contributed by atoms with van der Waals surface area (Å²) in [7, 11) is 1.51. The monoisotopic (exact) mass is 295 g/mol. The Kier molecular flexibility index (Phi) is 6.52. The van der Waals surface area contributed by atoms with Crippen molar-refractivity contribution in [2.75, 3.05) is 13.7 Å². The minimum Gasteiger partial charge on any atom is -0.493 e. The Morgan fingerprint density at radius 3 is 2.52 bits per heavy atom. The van der Waals surface area contributed by atoms with E-state index in [0.29, 0.717) is 30.1 Å². The Morgan fingerprint density at radius 2 is 2.00 bits per heavy atom. The maximum atomic E-state index is 11.5. The second kappa shape index (κ2) is 8.14. The number of carbonyl (C=O) groups is 2. The molecule has 116 valence electrons. The zero-order valence-electron chi connectivity index (χ0n) is 12.5. The first-order chi connectivity index (χ1) is 10.0. The third kappa shape index (κ3) is 4.98. The Balaban J connectivity index is 3.05. The predicted molar refractivity (Wildman–Crippen MR) is 77.6 cm³/mol. The van der Waals surface area contributed by atoms with Crippen molar-refractivity contribution in [3.05, 3.63) is 23.8 Å². The lowest BCUT2D eigenvalue weighted by Gasteiger charge is -2.19. The van der Waals surface area contributed by atoms with Gasteiger partial charge < -0.3 is 19.9 Å². The summed E-state index contributed by atoms with van der Waals surface area (Å²) in [6.07, 6.45) is 0.104. The molecule has 0 aliphatic heterocycles. The first-order valence-electron chi connectivity index (χ1n) is 6.83. The molecule has 1 aromatic carbocycles. The van der Waals surface area contributed by atoms with Gasteiger partial charge in [-0.1, -0.05) is 13.0 Å². The van der Waals surface area contributed by atoms with Gasteiger partial charge in [-0.15, -0.1) is 0 Å². The van der Waals surface area contributed by atoms with Crippen molar-refractivity contribution < 1.29 is 24.2 Å². The molecular formula is C15H21NO5. The van der Waals surface area contributed by atoms with Crippen LogP contribution in [0.2, 0.25) is 0 Å². The summed E-state index contributed by atoms with van der Waals surface area (Å²) in [5, 5.41) is 11.7. The highest BCUT2D eigenvalue weighted by molar-refractivity contribution is 5.77. The Bertz CT molecular complexity index is 501. The molecule has 1 atom stereocenters. The van der Waals surface area contributed by atoms with Gasteiger partial charge in [-0.05, 0) is 24.6 Å². The fourth-order valence-electron chi connectivity index (χ4n) is 1.90. The lowest BCUT2D eigenvalue weighted by molar-refractivity contribution is -0.137. The van der Waals surface area contributed by atoms with Gasteiger partial charge in [0.15, 0.2) is 11.5 Å². The molecule has 0 heterocycles. The van der Waals surface area contributed by atoms with Crippen LogP contribution in [0.25, 0.3) is 0 Å². The van der Waals surface area contributed by atoms with E-state index < -0.39 is 12.0 Å². The molecule has 1 amide bonds. The molecule has 0 radical (unpaired) electrons. The summed E-state index contributed by atoms with van der Waals surface area (Å²) < 4.78 is 10.7. The Labute approximate surface area is 124 Å². The summed E-state index contributed by atoms with van der Waals surface area (Å²) in [6.45, 7) is 4.08. The number of ether oxygens (including phenoxy) is 2. The highest BCUT2D eigenvalue weighted by Crippen LogP contribution is 2.31. The Hall–Kier alpha value is -2.24. The highest BCUT2D eigenvalue weighted by Gasteiger charge is 2.19. The summed E-state index contributed by atoms with van der Waals surface area (Å²) in [5.41, 5.74) is 0.666. The van der Waals surface area contributed by atoms with Gasteiger partial charge in [0, 0.05) is 6.42 Å². The number of carbonyl (C=O) groups excluding carboxylic acids is 1. The fourth-order valence-corrected chi connectivity index (χ4v) is 1.90. The SMILES string of the molecule is CCOc1ccc(C(CC(=O)O)NC(=O)CC)cc1OC. The van der Waals surface area contributed by atoms with Crippen molar-refractivity contribution >= 4 is 11.9 Å². The van der Waals surface area contributed by atoms with E-state index in [1.165, 1.54) is 7.11 Å². The molecule has 1 rings (SSSR count). The number of hydrogen-bond acceptors (Lipinski definition) is 4. The van der Waals surface area contributed by atoms with Gasteiger partial charge in [0.2, 0.25) is 5.91 Å². The van der Waals surface area contributed by atoms with Crippen molar-refractivity contribution in [1.82, 2.24) is 5.32 Å².